The van der Waals surface area contributed by atoms with Crippen molar-refractivity contribution in [2.75, 3.05) is 31.3 Å². The third kappa shape index (κ3) is 4.83. The van der Waals surface area contributed by atoms with Crippen molar-refractivity contribution in [3.8, 4) is 17.4 Å². The number of ether oxygens (including phenoxy) is 3. The van der Waals surface area contributed by atoms with Gasteiger partial charge in [-0.2, -0.15) is 18.2 Å². The predicted molar refractivity (Wildman–Crippen MR) is 115 cm³/mol. The SMILES string of the molecule is O=c1nc(OCCc2cc(F)c(Oc3ccnc(C(F)(F)F)c3)c(F)c2)cc2n1CC1COCCN21. The number of pyridine rings is 1. The van der Waals surface area contributed by atoms with Crippen LogP contribution >= 0.6 is 0 Å². The van der Waals surface area contributed by atoms with Crippen LogP contribution in [0.3, 0.4) is 0 Å². The van der Waals surface area contributed by atoms with Crippen molar-refractivity contribution in [3.05, 3.63) is 69.9 Å². The Bertz CT molecular complexity index is 1320. The van der Waals surface area contributed by atoms with Gasteiger partial charge in [-0.1, -0.05) is 0 Å². The molecule has 0 aliphatic carbocycles. The van der Waals surface area contributed by atoms with Gasteiger partial charge in [0, 0.05) is 31.3 Å². The molecule has 1 unspecified atom stereocenters. The minimum Gasteiger partial charge on any atom is -0.477 e. The molecule has 0 bridgehead atoms. The Hall–Kier alpha value is -3.74. The van der Waals surface area contributed by atoms with E-state index in [-0.39, 0.29) is 30.5 Å². The molecule has 2 aliphatic heterocycles. The first-order chi connectivity index (χ1) is 17.2. The Morgan fingerprint density at radius 2 is 1.92 bits per heavy atom. The molecular formula is C23H19F5N4O4. The molecular weight excluding hydrogens is 491 g/mol. The maximum atomic E-state index is 14.5. The molecule has 8 nitrogen and oxygen atoms in total. The van der Waals surface area contributed by atoms with Crippen LogP contribution in [0.1, 0.15) is 11.3 Å². The molecule has 0 spiro atoms. The number of alkyl halides is 3. The van der Waals surface area contributed by atoms with E-state index in [9.17, 15) is 26.7 Å². The van der Waals surface area contributed by atoms with Crippen molar-refractivity contribution in [1.82, 2.24) is 14.5 Å². The van der Waals surface area contributed by atoms with Gasteiger partial charge in [0.2, 0.25) is 5.88 Å². The van der Waals surface area contributed by atoms with E-state index in [0.29, 0.717) is 38.2 Å². The van der Waals surface area contributed by atoms with Gasteiger partial charge in [0.1, 0.15) is 17.3 Å². The number of morpholine rings is 1. The molecule has 1 saturated heterocycles. The van der Waals surface area contributed by atoms with Gasteiger partial charge >= 0.3 is 11.9 Å². The lowest BCUT2D eigenvalue weighted by Crippen LogP contribution is -2.43. The van der Waals surface area contributed by atoms with Crippen LogP contribution in [0.15, 0.2) is 41.3 Å². The molecule has 0 N–H and O–H groups in total. The third-order valence-corrected chi connectivity index (χ3v) is 5.82. The third-order valence-electron chi connectivity index (χ3n) is 5.82. The number of halogens is 5. The minimum absolute atomic E-state index is 0.0270. The van der Waals surface area contributed by atoms with Crippen molar-refractivity contribution < 1.29 is 36.2 Å². The minimum atomic E-state index is -4.73. The second-order valence-electron chi connectivity index (χ2n) is 8.23. The smallest absolute Gasteiger partial charge is 0.433 e. The fraction of sp³-hybridized carbons (Fsp3) is 0.348. The number of fused-ring (bicyclic) bond motifs is 3. The van der Waals surface area contributed by atoms with Crippen LogP contribution < -0.4 is 20.1 Å². The van der Waals surface area contributed by atoms with E-state index < -0.39 is 40.7 Å². The Kier molecular flexibility index (Phi) is 6.24. The molecule has 0 radical (unpaired) electrons. The summed E-state index contributed by atoms with van der Waals surface area (Å²) in [6, 6.07) is 5.30. The van der Waals surface area contributed by atoms with Gasteiger partial charge in [0.05, 0.1) is 32.4 Å². The van der Waals surface area contributed by atoms with Gasteiger partial charge in [0.25, 0.3) is 0 Å². The second kappa shape index (κ2) is 9.37. The molecule has 5 rings (SSSR count). The highest BCUT2D eigenvalue weighted by Crippen LogP contribution is 2.33. The van der Waals surface area contributed by atoms with E-state index in [1.807, 2.05) is 0 Å². The number of anilines is 1. The normalized spacial score (nSPS) is 17.0. The summed E-state index contributed by atoms with van der Waals surface area (Å²) in [7, 11) is 0. The summed E-state index contributed by atoms with van der Waals surface area (Å²) in [5, 5.41) is 0. The van der Waals surface area contributed by atoms with Crippen LogP contribution in [-0.2, 0) is 23.9 Å². The van der Waals surface area contributed by atoms with Crippen LogP contribution in [0.25, 0.3) is 0 Å². The van der Waals surface area contributed by atoms with Crippen molar-refractivity contribution in [2.24, 2.45) is 0 Å². The Morgan fingerprint density at radius 1 is 1.14 bits per heavy atom. The molecule has 4 heterocycles. The molecule has 1 aromatic carbocycles. The standard InChI is InChI=1S/C23H19F5N4O4/c24-16-7-13(8-17(25)21(16)36-15-1-3-29-18(9-15)23(26,27)28)2-5-35-19-10-20-31-4-6-34-12-14(31)11-32(20)22(33)30-19/h1,3,7-10,14H,2,4-6,11-12H2. The first-order valence-electron chi connectivity index (χ1n) is 11.0. The lowest BCUT2D eigenvalue weighted by molar-refractivity contribution is -0.141. The average Bonchev–Trinajstić information content (AvgIpc) is 3.21. The molecule has 2 aromatic heterocycles. The van der Waals surface area contributed by atoms with E-state index in [1.165, 1.54) is 0 Å². The lowest BCUT2D eigenvalue weighted by Gasteiger charge is -2.30. The Balaban J connectivity index is 1.25. The van der Waals surface area contributed by atoms with Gasteiger partial charge in [-0.3, -0.25) is 9.55 Å². The van der Waals surface area contributed by atoms with Crippen LogP contribution in [0, 0.1) is 11.6 Å². The van der Waals surface area contributed by atoms with Crippen LogP contribution in [-0.4, -0.2) is 46.9 Å². The highest BCUT2D eigenvalue weighted by atomic mass is 19.4. The molecule has 0 saturated carbocycles. The first kappa shape index (κ1) is 24.0. The number of hydrogen-bond donors (Lipinski definition) is 0. The summed E-state index contributed by atoms with van der Waals surface area (Å²) in [5.74, 6) is -2.67. The zero-order valence-corrected chi connectivity index (χ0v) is 18.6. The fourth-order valence-corrected chi connectivity index (χ4v) is 4.15. The number of benzene rings is 1. The molecule has 13 heteroatoms. The van der Waals surface area contributed by atoms with Gasteiger partial charge in [-0.05, 0) is 23.8 Å². The number of nitrogens with zero attached hydrogens (tertiary/aromatic N) is 4. The quantitative estimate of drug-likeness (QED) is 0.470. The summed E-state index contributed by atoms with van der Waals surface area (Å²) in [4.78, 5) is 21.5. The van der Waals surface area contributed by atoms with Crippen molar-refractivity contribution >= 4 is 5.82 Å². The van der Waals surface area contributed by atoms with E-state index in [1.54, 1.807) is 10.6 Å². The van der Waals surface area contributed by atoms with Crippen molar-refractivity contribution in [2.45, 2.75) is 25.2 Å². The monoisotopic (exact) mass is 510 g/mol. The van der Waals surface area contributed by atoms with Crippen LogP contribution in [0.5, 0.6) is 17.4 Å². The van der Waals surface area contributed by atoms with Crippen molar-refractivity contribution in [3.63, 3.8) is 0 Å². The van der Waals surface area contributed by atoms with E-state index >= 15 is 0 Å². The summed E-state index contributed by atoms with van der Waals surface area (Å²) >= 11 is 0. The Morgan fingerprint density at radius 3 is 2.67 bits per heavy atom. The van der Waals surface area contributed by atoms with E-state index in [2.05, 4.69) is 14.9 Å². The molecule has 190 valence electrons. The number of rotatable bonds is 6. The largest absolute Gasteiger partial charge is 0.477 e. The summed E-state index contributed by atoms with van der Waals surface area (Å²) in [6.45, 7) is 2.15. The average molecular weight is 510 g/mol. The maximum Gasteiger partial charge on any atom is 0.433 e. The van der Waals surface area contributed by atoms with Gasteiger partial charge in [0.15, 0.2) is 17.4 Å². The number of aromatic nitrogens is 3. The predicted octanol–water partition coefficient (Wildman–Crippen LogP) is 3.57. The van der Waals surface area contributed by atoms with Gasteiger partial charge in [-0.25, -0.2) is 13.6 Å². The maximum absolute atomic E-state index is 14.5. The lowest BCUT2D eigenvalue weighted by atomic mass is 10.1. The van der Waals surface area contributed by atoms with E-state index in [0.717, 1.165) is 24.4 Å². The van der Waals surface area contributed by atoms with Crippen LogP contribution in [0.4, 0.5) is 27.8 Å². The first-order valence-corrected chi connectivity index (χ1v) is 11.0. The van der Waals surface area contributed by atoms with Crippen LogP contribution in [0.2, 0.25) is 0 Å². The summed E-state index contributed by atoms with van der Waals surface area (Å²) < 4.78 is 85.1. The molecule has 2 aliphatic rings. The molecule has 36 heavy (non-hydrogen) atoms. The number of hydrogen-bond acceptors (Lipinski definition) is 7. The molecule has 1 fully saturated rings. The molecule has 3 aromatic rings. The molecule has 1 atom stereocenters. The topological polar surface area (TPSA) is 78.7 Å². The zero-order chi connectivity index (χ0) is 25.4. The van der Waals surface area contributed by atoms with Gasteiger partial charge in [-0.15, -0.1) is 0 Å². The van der Waals surface area contributed by atoms with Crippen molar-refractivity contribution in [1.29, 1.82) is 0 Å². The fourth-order valence-electron chi connectivity index (χ4n) is 4.15. The van der Waals surface area contributed by atoms with E-state index in [4.69, 9.17) is 14.2 Å². The molecule has 0 amide bonds. The zero-order valence-electron chi connectivity index (χ0n) is 18.6. The summed E-state index contributed by atoms with van der Waals surface area (Å²) in [6.07, 6.45) is -3.83. The Labute approximate surface area is 200 Å². The second-order valence-corrected chi connectivity index (χ2v) is 8.23. The highest BCUT2D eigenvalue weighted by Gasteiger charge is 2.34. The van der Waals surface area contributed by atoms with Gasteiger partial charge < -0.3 is 19.1 Å². The summed E-state index contributed by atoms with van der Waals surface area (Å²) in [5.41, 5.74) is -1.49. The highest BCUT2D eigenvalue weighted by molar-refractivity contribution is 5.47.